The van der Waals surface area contributed by atoms with Gasteiger partial charge in [-0.2, -0.15) is 0 Å². The summed E-state index contributed by atoms with van der Waals surface area (Å²) in [5.74, 6) is -1.92. The van der Waals surface area contributed by atoms with Gasteiger partial charge in [-0.05, 0) is 29.8 Å². The van der Waals surface area contributed by atoms with Gasteiger partial charge in [0.1, 0.15) is 0 Å². The fraction of sp³-hybridized carbons (Fsp3) is 0.118. The second-order valence-electron chi connectivity index (χ2n) is 4.70. The molecule has 0 atom stereocenters. The highest BCUT2D eigenvalue weighted by Gasteiger charge is 2.18. The Labute approximate surface area is 133 Å². The standard InChI is InChI=1S/C17H14ClNO3/c18-14-8-6-13(7-9-14)15(20)10-16(21)17(22)19-11-12-4-2-1-3-5-12/h1-9H,10-11H2,(H,19,22). The van der Waals surface area contributed by atoms with Crippen LogP contribution in [-0.2, 0) is 16.1 Å². The molecule has 0 spiro atoms. The number of hydrogen-bond acceptors (Lipinski definition) is 3. The van der Waals surface area contributed by atoms with Crippen LogP contribution in [0.2, 0.25) is 5.02 Å². The van der Waals surface area contributed by atoms with Crippen LogP contribution in [0.25, 0.3) is 0 Å². The molecule has 0 aromatic heterocycles. The van der Waals surface area contributed by atoms with Gasteiger partial charge in [0.15, 0.2) is 5.78 Å². The summed E-state index contributed by atoms with van der Waals surface area (Å²) in [6, 6.07) is 15.4. The smallest absolute Gasteiger partial charge is 0.288 e. The van der Waals surface area contributed by atoms with E-state index in [0.717, 1.165) is 5.56 Å². The van der Waals surface area contributed by atoms with Gasteiger partial charge in [0.25, 0.3) is 5.91 Å². The molecule has 2 aromatic carbocycles. The maximum atomic E-state index is 11.9. The van der Waals surface area contributed by atoms with Gasteiger partial charge in [-0.25, -0.2) is 0 Å². The Bertz CT molecular complexity index is 681. The van der Waals surface area contributed by atoms with Crippen molar-refractivity contribution in [2.75, 3.05) is 0 Å². The number of halogens is 1. The maximum Gasteiger partial charge on any atom is 0.288 e. The number of carbonyl (C=O) groups excluding carboxylic acids is 3. The summed E-state index contributed by atoms with van der Waals surface area (Å²) in [5.41, 5.74) is 1.24. The van der Waals surface area contributed by atoms with E-state index in [1.165, 1.54) is 12.1 Å². The molecule has 0 fully saturated rings. The van der Waals surface area contributed by atoms with E-state index in [0.29, 0.717) is 10.6 Å². The van der Waals surface area contributed by atoms with Crippen LogP contribution in [0.4, 0.5) is 0 Å². The zero-order valence-electron chi connectivity index (χ0n) is 11.7. The Hall–Kier alpha value is -2.46. The predicted molar refractivity (Wildman–Crippen MR) is 83.7 cm³/mol. The lowest BCUT2D eigenvalue weighted by atomic mass is 10.1. The van der Waals surface area contributed by atoms with Crippen molar-refractivity contribution in [3.63, 3.8) is 0 Å². The summed E-state index contributed by atoms with van der Waals surface area (Å²) in [5, 5.41) is 3.01. The molecule has 1 N–H and O–H groups in total. The first-order valence-corrected chi connectivity index (χ1v) is 7.08. The quantitative estimate of drug-likeness (QED) is 0.506. The van der Waals surface area contributed by atoms with Crippen LogP contribution in [-0.4, -0.2) is 17.5 Å². The van der Waals surface area contributed by atoms with Crippen molar-refractivity contribution in [1.82, 2.24) is 5.32 Å². The first kappa shape index (κ1) is 15.9. The molecule has 0 aliphatic heterocycles. The summed E-state index contributed by atoms with van der Waals surface area (Å²) in [4.78, 5) is 35.4. The minimum absolute atomic E-state index is 0.251. The molecule has 5 heteroatoms. The van der Waals surface area contributed by atoms with Crippen molar-refractivity contribution < 1.29 is 14.4 Å². The van der Waals surface area contributed by atoms with Gasteiger partial charge in [0.2, 0.25) is 5.78 Å². The number of carbonyl (C=O) groups is 3. The van der Waals surface area contributed by atoms with Gasteiger partial charge >= 0.3 is 0 Å². The number of hydrogen-bond donors (Lipinski definition) is 1. The van der Waals surface area contributed by atoms with E-state index in [-0.39, 0.29) is 6.54 Å². The lowest BCUT2D eigenvalue weighted by Gasteiger charge is -2.04. The number of ketones is 2. The first-order chi connectivity index (χ1) is 10.6. The Morgan fingerprint density at radius 1 is 0.909 bits per heavy atom. The molecule has 1 amide bonds. The molecule has 2 rings (SSSR count). The molecule has 0 bridgehead atoms. The van der Waals surface area contributed by atoms with Crippen molar-refractivity contribution in [3.8, 4) is 0 Å². The molecule has 0 aliphatic carbocycles. The average Bonchev–Trinajstić information content (AvgIpc) is 2.54. The number of rotatable bonds is 6. The Balaban J connectivity index is 1.87. The molecule has 0 saturated heterocycles. The molecular weight excluding hydrogens is 302 g/mol. The van der Waals surface area contributed by atoms with Gasteiger partial charge < -0.3 is 5.32 Å². The summed E-state index contributed by atoms with van der Waals surface area (Å²) in [6.07, 6.45) is -0.456. The van der Waals surface area contributed by atoms with Crippen LogP contribution in [0.15, 0.2) is 54.6 Å². The SMILES string of the molecule is O=C(CC(=O)c1ccc(Cl)cc1)C(=O)NCc1ccccc1. The van der Waals surface area contributed by atoms with Crippen LogP contribution in [0.1, 0.15) is 22.3 Å². The molecule has 0 radical (unpaired) electrons. The van der Waals surface area contributed by atoms with Gasteiger partial charge in [0.05, 0.1) is 6.42 Å². The number of benzene rings is 2. The van der Waals surface area contributed by atoms with Crippen LogP contribution in [0, 0.1) is 0 Å². The van der Waals surface area contributed by atoms with E-state index in [9.17, 15) is 14.4 Å². The third kappa shape index (κ3) is 4.53. The minimum Gasteiger partial charge on any atom is -0.345 e. The van der Waals surface area contributed by atoms with Crippen molar-refractivity contribution in [2.24, 2.45) is 0 Å². The lowest BCUT2D eigenvalue weighted by molar-refractivity contribution is -0.137. The Morgan fingerprint density at radius 3 is 2.18 bits per heavy atom. The third-order valence-corrected chi connectivity index (χ3v) is 3.29. The largest absolute Gasteiger partial charge is 0.345 e. The molecular formula is C17H14ClNO3. The Morgan fingerprint density at radius 2 is 1.55 bits per heavy atom. The molecule has 2 aromatic rings. The number of amides is 1. The van der Waals surface area contributed by atoms with Gasteiger partial charge in [-0.1, -0.05) is 41.9 Å². The molecule has 112 valence electrons. The highest BCUT2D eigenvalue weighted by atomic mass is 35.5. The zero-order valence-corrected chi connectivity index (χ0v) is 12.5. The maximum absolute atomic E-state index is 11.9. The van der Waals surface area contributed by atoms with Crippen molar-refractivity contribution in [1.29, 1.82) is 0 Å². The second kappa shape index (κ2) is 7.52. The molecule has 0 aliphatic rings. The van der Waals surface area contributed by atoms with E-state index < -0.39 is 23.9 Å². The minimum atomic E-state index is -0.758. The highest BCUT2D eigenvalue weighted by Crippen LogP contribution is 2.11. The monoisotopic (exact) mass is 315 g/mol. The number of Topliss-reactive ketones (excluding diaryl/α,β-unsaturated/α-hetero) is 2. The van der Waals surface area contributed by atoms with Crippen molar-refractivity contribution in [2.45, 2.75) is 13.0 Å². The van der Waals surface area contributed by atoms with Gasteiger partial charge in [-0.15, -0.1) is 0 Å². The van der Waals surface area contributed by atoms with E-state index in [2.05, 4.69) is 5.32 Å². The van der Waals surface area contributed by atoms with Crippen LogP contribution < -0.4 is 5.32 Å². The molecule has 0 unspecified atom stereocenters. The predicted octanol–water partition coefficient (Wildman–Crippen LogP) is 2.80. The van der Waals surface area contributed by atoms with E-state index >= 15 is 0 Å². The summed E-state index contributed by atoms with van der Waals surface area (Å²) in [6.45, 7) is 0.251. The van der Waals surface area contributed by atoms with Gasteiger partial charge in [-0.3, -0.25) is 14.4 Å². The van der Waals surface area contributed by atoms with Crippen LogP contribution in [0.3, 0.4) is 0 Å². The number of nitrogens with one attached hydrogen (secondary N) is 1. The first-order valence-electron chi connectivity index (χ1n) is 6.70. The summed E-state index contributed by atoms with van der Waals surface area (Å²) >= 11 is 5.73. The second-order valence-corrected chi connectivity index (χ2v) is 5.13. The highest BCUT2D eigenvalue weighted by molar-refractivity contribution is 6.40. The van der Waals surface area contributed by atoms with Gasteiger partial charge in [0, 0.05) is 17.1 Å². The molecule has 22 heavy (non-hydrogen) atoms. The summed E-state index contributed by atoms with van der Waals surface area (Å²) in [7, 11) is 0. The van der Waals surface area contributed by atoms with Crippen LogP contribution in [0.5, 0.6) is 0 Å². The summed E-state index contributed by atoms with van der Waals surface area (Å²) < 4.78 is 0. The van der Waals surface area contributed by atoms with Crippen molar-refractivity contribution >= 4 is 29.1 Å². The topological polar surface area (TPSA) is 63.2 Å². The molecule has 4 nitrogen and oxygen atoms in total. The Kier molecular flexibility index (Phi) is 5.44. The molecule has 0 saturated carbocycles. The van der Waals surface area contributed by atoms with E-state index in [1.807, 2.05) is 30.3 Å². The van der Waals surface area contributed by atoms with Crippen molar-refractivity contribution in [3.05, 3.63) is 70.7 Å². The third-order valence-electron chi connectivity index (χ3n) is 3.04. The van der Waals surface area contributed by atoms with E-state index in [1.54, 1.807) is 12.1 Å². The van der Waals surface area contributed by atoms with Crippen LogP contribution >= 0.6 is 11.6 Å². The van der Waals surface area contributed by atoms with E-state index in [4.69, 9.17) is 11.6 Å². The zero-order chi connectivity index (χ0) is 15.9. The lowest BCUT2D eigenvalue weighted by Crippen LogP contribution is -2.31. The average molecular weight is 316 g/mol. The fourth-order valence-electron chi connectivity index (χ4n) is 1.84. The normalized spacial score (nSPS) is 10.0. The molecule has 0 heterocycles. The fourth-order valence-corrected chi connectivity index (χ4v) is 1.97.